The molecule has 1 rings (SSSR count). The van der Waals surface area contributed by atoms with Crippen LogP contribution in [0.1, 0.15) is 38.7 Å². The highest BCUT2D eigenvalue weighted by atomic mass is 31.2. The molecule has 1 aromatic carbocycles. The van der Waals surface area contributed by atoms with Crippen LogP contribution in [0.25, 0.3) is 0 Å². The van der Waals surface area contributed by atoms with Gasteiger partial charge in [-0.3, -0.25) is 9.36 Å². The van der Waals surface area contributed by atoms with Crippen LogP contribution in [-0.2, 0) is 25.0 Å². The zero-order valence-electron chi connectivity index (χ0n) is 15.4. The fraction of sp³-hybridized carbons (Fsp3) is 0.632. The number of benzene rings is 1. The normalized spacial score (nSPS) is 15.0. The molecule has 0 aromatic heterocycles. The van der Waals surface area contributed by atoms with Crippen LogP contribution in [0.15, 0.2) is 30.3 Å². The maximum Gasteiger partial charge on any atom is 0.309 e. The van der Waals surface area contributed by atoms with Gasteiger partial charge in [-0.2, -0.15) is 0 Å². The summed E-state index contributed by atoms with van der Waals surface area (Å²) < 4.78 is 23.2. The molecule has 0 aliphatic heterocycles. The predicted octanol–water partition coefficient (Wildman–Crippen LogP) is 4.77. The SMILES string of the molecule is COC(=O)C(CC(C)C)CP(=O)(CCCCc1ccccc1)OC. The Bertz CT molecular complexity index is 527. The van der Waals surface area contributed by atoms with Gasteiger partial charge >= 0.3 is 5.97 Å². The molecular weight excluding hydrogens is 323 g/mol. The number of unbranched alkanes of at least 4 members (excludes halogenated alkanes) is 1. The number of hydrogen-bond acceptors (Lipinski definition) is 4. The van der Waals surface area contributed by atoms with Gasteiger partial charge < -0.3 is 9.26 Å². The van der Waals surface area contributed by atoms with Crippen LogP contribution in [0.2, 0.25) is 0 Å². The van der Waals surface area contributed by atoms with Crippen LogP contribution in [0.3, 0.4) is 0 Å². The molecule has 24 heavy (non-hydrogen) atoms. The molecule has 0 spiro atoms. The minimum atomic E-state index is -2.80. The summed E-state index contributed by atoms with van der Waals surface area (Å²) in [6.45, 7) is 4.10. The summed E-state index contributed by atoms with van der Waals surface area (Å²) in [5.74, 6) is -0.294. The first-order valence-corrected chi connectivity index (χ1v) is 10.6. The van der Waals surface area contributed by atoms with E-state index in [2.05, 4.69) is 12.1 Å². The van der Waals surface area contributed by atoms with Crippen LogP contribution >= 0.6 is 7.37 Å². The Morgan fingerprint density at radius 3 is 2.33 bits per heavy atom. The van der Waals surface area contributed by atoms with Gasteiger partial charge in [0.15, 0.2) is 0 Å². The molecular formula is C19H31O4P. The molecule has 136 valence electrons. The maximum atomic E-state index is 13.0. The topological polar surface area (TPSA) is 52.6 Å². The van der Waals surface area contributed by atoms with Gasteiger partial charge in [-0.05, 0) is 37.2 Å². The number of ether oxygens (including phenoxy) is 1. The van der Waals surface area contributed by atoms with E-state index in [-0.39, 0.29) is 18.0 Å². The molecule has 0 aliphatic rings. The molecule has 0 bridgehead atoms. The van der Waals surface area contributed by atoms with E-state index in [9.17, 15) is 9.36 Å². The Labute approximate surface area is 146 Å². The van der Waals surface area contributed by atoms with Crippen molar-refractivity contribution in [3.63, 3.8) is 0 Å². The Hall–Kier alpha value is -1.12. The van der Waals surface area contributed by atoms with Crippen molar-refractivity contribution in [3.8, 4) is 0 Å². The molecule has 0 saturated carbocycles. The third-order valence-corrected chi connectivity index (χ3v) is 6.84. The van der Waals surface area contributed by atoms with Crippen LogP contribution in [0.4, 0.5) is 0 Å². The first-order chi connectivity index (χ1) is 11.4. The smallest absolute Gasteiger partial charge is 0.309 e. The Morgan fingerprint density at radius 2 is 1.79 bits per heavy atom. The van der Waals surface area contributed by atoms with Crippen molar-refractivity contribution in [3.05, 3.63) is 35.9 Å². The second-order valence-electron chi connectivity index (χ2n) is 6.70. The highest BCUT2D eigenvalue weighted by Crippen LogP contribution is 2.49. The monoisotopic (exact) mass is 354 g/mol. The number of rotatable bonds is 11. The summed E-state index contributed by atoms with van der Waals surface area (Å²) in [7, 11) is 0.0682. The van der Waals surface area contributed by atoms with Gasteiger partial charge in [0.25, 0.3) is 0 Å². The van der Waals surface area contributed by atoms with E-state index < -0.39 is 7.37 Å². The molecule has 0 saturated heterocycles. The minimum absolute atomic E-state index is 0.277. The lowest BCUT2D eigenvalue weighted by Gasteiger charge is -2.22. The van der Waals surface area contributed by atoms with Crippen molar-refractivity contribution in [2.75, 3.05) is 26.5 Å². The molecule has 0 N–H and O–H groups in total. The largest absolute Gasteiger partial charge is 0.469 e. The van der Waals surface area contributed by atoms with E-state index in [0.717, 1.165) is 19.3 Å². The molecule has 2 unspecified atom stereocenters. The summed E-state index contributed by atoms with van der Waals surface area (Å²) in [5.41, 5.74) is 1.29. The second-order valence-corrected chi connectivity index (χ2v) is 9.50. The van der Waals surface area contributed by atoms with Crippen molar-refractivity contribution >= 4 is 13.3 Å². The first kappa shape index (κ1) is 20.9. The lowest BCUT2D eigenvalue weighted by atomic mass is 9.99. The number of esters is 1. The first-order valence-electron chi connectivity index (χ1n) is 8.65. The van der Waals surface area contributed by atoms with Gasteiger partial charge in [0, 0.05) is 19.4 Å². The number of carbonyl (C=O) groups is 1. The lowest BCUT2D eigenvalue weighted by Crippen LogP contribution is -2.23. The third kappa shape index (κ3) is 7.63. The Kier molecular flexibility index (Phi) is 9.31. The highest BCUT2D eigenvalue weighted by Gasteiger charge is 2.31. The van der Waals surface area contributed by atoms with Gasteiger partial charge in [0.2, 0.25) is 7.37 Å². The van der Waals surface area contributed by atoms with Crippen LogP contribution in [-0.4, -0.2) is 32.5 Å². The van der Waals surface area contributed by atoms with Gasteiger partial charge in [-0.25, -0.2) is 0 Å². The number of aryl methyl sites for hydroxylation is 1. The van der Waals surface area contributed by atoms with E-state index in [0.29, 0.717) is 18.5 Å². The lowest BCUT2D eigenvalue weighted by molar-refractivity contribution is -0.145. The number of methoxy groups -OCH3 is 1. The molecule has 4 nitrogen and oxygen atoms in total. The molecule has 5 heteroatoms. The fourth-order valence-electron chi connectivity index (χ4n) is 2.90. The predicted molar refractivity (Wildman–Crippen MR) is 98.7 cm³/mol. The molecule has 0 radical (unpaired) electrons. The Morgan fingerprint density at radius 1 is 1.12 bits per heavy atom. The summed E-state index contributed by atoms with van der Waals surface area (Å²) in [5, 5.41) is 0. The maximum absolute atomic E-state index is 13.0. The highest BCUT2D eigenvalue weighted by molar-refractivity contribution is 7.59. The summed E-state index contributed by atoms with van der Waals surface area (Å²) in [6, 6.07) is 10.3. The van der Waals surface area contributed by atoms with Gasteiger partial charge in [-0.15, -0.1) is 0 Å². The summed E-state index contributed by atoms with van der Waals surface area (Å²) in [4.78, 5) is 12.0. The fourth-order valence-corrected chi connectivity index (χ4v) is 5.09. The van der Waals surface area contributed by atoms with Crippen molar-refractivity contribution in [1.29, 1.82) is 0 Å². The van der Waals surface area contributed by atoms with E-state index in [1.807, 2.05) is 32.0 Å². The quantitative estimate of drug-likeness (QED) is 0.326. The molecule has 0 amide bonds. The van der Waals surface area contributed by atoms with Crippen LogP contribution in [0.5, 0.6) is 0 Å². The van der Waals surface area contributed by atoms with Crippen LogP contribution < -0.4 is 0 Å². The molecule has 1 aromatic rings. The van der Waals surface area contributed by atoms with E-state index >= 15 is 0 Å². The Balaban J connectivity index is 2.53. The molecule has 0 fully saturated rings. The zero-order chi connectivity index (χ0) is 18.0. The van der Waals surface area contributed by atoms with Crippen molar-refractivity contribution in [1.82, 2.24) is 0 Å². The van der Waals surface area contributed by atoms with E-state index in [1.165, 1.54) is 19.8 Å². The van der Waals surface area contributed by atoms with Gasteiger partial charge in [0.05, 0.1) is 13.0 Å². The van der Waals surface area contributed by atoms with Crippen molar-refractivity contribution in [2.24, 2.45) is 11.8 Å². The average molecular weight is 354 g/mol. The molecule has 2 atom stereocenters. The molecule has 0 heterocycles. The third-order valence-electron chi connectivity index (χ3n) is 4.18. The average Bonchev–Trinajstić information content (AvgIpc) is 2.58. The summed E-state index contributed by atoms with van der Waals surface area (Å²) >= 11 is 0. The molecule has 0 aliphatic carbocycles. The number of hydrogen-bond donors (Lipinski definition) is 0. The number of carbonyl (C=O) groups excluding carboxylic acids is 1. The van der Waals surface area contributed by atoms with Crippen molar-refractivity contribution < 1.29 is 18.6 Å². The second kappa shape index (κ2) is 10.7. The van der Waals surface area contributed by atoms with Gasteiger partial charge in [0.1, 0.15) is 0 Å². The van der Waals surface area contributed by atoms with Crippen LogP contribution in [0, 0.1) is 11.8 Å². The minimum Gasteiger partial charge on any atom is -0.469 e. The summed E-state index contributed by atoms with van der Waals surface area (Å²) in [6.07, 6.45) is 4.22. The zero-order valence-corrected chi connectivity index (χ0v) is 16.3. The van der Waals surface area contributed by atoms with E-state index in [4.69, 9.17) is 9.26 Å². The van der Waals surface area contributed by atoms with Gasteiger partial charge in [-0.1, -0.05) is 44.2 Å². The van der Waals surface area contributed by atoms with E-state index in [1.54, 1.807) is 0 Å². The standard InChI is InChI=1S/C19H31O4P/c1-16(2)14-18(19(20)22-3)15-24(21,23-4)13-9-8-12-17-10-6-5-7-11-17/h5-7,10-11,16,18H,8-9,12-15H2,1-4H3. The van der Waals surface area contributed by atoms with Crippen molar-refractivity contribution in [2.45, 2.75) is 39.5 Å².